The van der Waals surface area contributed by atoms with Crippen LogP contribution in [0.2, 0.25) is 0 Å². The average Bonchev–Trinajstić information content (AvgIpc) is 3.03. The van der Waals surface area contributed by atoms with Gasteiger partial charge in [-0.25, -0.2) is 0 Å². The molecule has 1 saturated heterocycles. The number of amides is 1. The number of carbonyl (C=O) groups is 1. The van der Waals surface area contributed by atoms with Gasteiger partial charge in [-0.3, -0.25) is 9.69 Å². The van der Waals surface area contributed by atoms with Gasteiger partial charge in [0, 0.05) is 42.9 Å². The highest BCUT2D eigenvalue weighted by Crippen LogP contribution is 2.27. The lowest BCUT2D eigenvalue weighted by Gasteiger charge is -2.25. The molecule has 7 heteroatoms. The third-order valence-electron chi connectivity index (χ3n) is 4.16. The second-order valence-corrected chi connectivity index (χ2v) is 7.36. The van der Waals surface area contributed by atoms with Gasteiger partial charge in [0.25, 0.3) is 0 Å². The number of aromatic nitrogens is 2. The molecule has 0 bridgehead atoms. The molecule has 0 N–H and O–H groups in total. The molecule has 23 heavy (non-hydrogen) atoms. The van der Waals surface area contributed by atoms with Crippen LogP contribution in [0, 0.1) is 13.8 Å². The van der Waals surface area contributed by atoms with E-state index in [4.69, 9.17) is 4.52 Å². The van der Waals surface area contributed by atoms with E-state index in [2.05, 4.69) is 34.1 Å². The fourth-order valence-corrected chi connectivity index (χ4v) is 3.94. The van der Waals surface area contributed by atoms with E-state index in [9.17, 15) is 4.79 Å². The average molecular weight is 334 g/mol. The first-order valence-corrected chi connectivity index (χ1v) is 8.69. The fourth-order valence-electron chi connectivity index (χ4n) is 3.01. The van der Waals surface area contributed by atoms with Gasteiger partial charge in [-0.05, 0) is 32.4 Å². The third-order valence-corrected chi connectivity index (χ3v) is 5.15. The van der Waals surface area contributed by atoms with Gasteiger partial charge < -0.3 is 9.42 Å². The highest BCUT2D eigenvalue weighted by molar-refractivity contribution is 7.11. The van der Waals surface area contributed by atoms with Crippen molar-refractivity contribution in [3.8, 4) is 0 Å². The van der Waals surface area contributed by atoms with E-state index in [0.717, 1.165) is 26.1 Å². The monoisotopic (exact) mass is 334 g/mol. The van der Waals surface area contributed by atoms with Crippen molar-refractivity contribution in [2.75, 3.05) is 19.6 Å². The van der Waals surface area contributed by atoms with Gasteiger partial charge >= 0.3 is 0 Å². The normalized spacial score (nSPS) is 19.8. The molecule has 1 unspecified atom stereocenters. The van der Waals surface area contributed by atoms with E-state index in [1.807, 2.05) is 16.2 Å². The Balaban J connectivity index is 1.73. The molecule has 0 aromatic carbocycles. The Morgan fingerprint density at radius 3 is 2.78 bits per heavy atom. The van der Waals surface area contributed by atoms with Crippen molar-refractivity contribution in [2.45, 2.75) is 39.8 Å². The van der Waals surface area contributed by atoms with Gasteiger partial charge in [-0.2, -0.15) is 4.98 Å². The number of rotatable bonds is 3. The predicted octanol–water partition coefficient (Wildman–Crippen LogP) is 2.54. The zero-order valence-electron chi connectivity index (χ0n) is 13.8. The molecule has 0 aliphatic carbocycles. The number of aryl methyl sites for hydroxylation is 2. The van der Waals surface area contributed by atoms with Crippen LogP contribution < -0.4 is 0 Å². The molecule has 3 heterocycles. The molecule has 6 nitrogen and oxygen atoms in total. The van der Waals surface area contributed by atoms with E-state index in [1.165, 1.54) is 9.75 Å². The quantitative estimate of drug-likeness (QED) is 0.863. The summed E-state index contributed by atoms with van der Waals surface area (Å²) in [5.41, 5.74) is 0. The standard InChI is InChI=1S/C16H22N4O2S/c1-11-4-5-14(23-11)10-19-7-6-15(16-17-12(2)18-22-16)20(9-8-19)13(3)21/h4-5,15H,6-10H2,1-3H3. The lowest BCUT2D eigenvalue weighted by atomic mass is 10.1. The van der Waals surface area contributed by atoms with Crippen molar-refractivity contribution < 1.29 is 9.32 Å². The minimum Gasteiger partial charge on any atom is -0.337 e. The second-order valence-electron chi connectivity index (χ2n) is 5.99. The smallest absolute Gasteiger partial charge is 0.249 e. The van der Waals surface area contributed by atoms with Gasteiger partial charge in [0.15, 0.2) is 5.82 Å². The molecule has 1 amide bonds. The number of hydrogen-bond donors (Lipinski definition) is 0. The van der Waals surface area contributed by atoms with Crippen LogP contribution in [0.3, 0.4) is 0 Å². The van der Waals surface area contributed by atoms with Gasteiger partial charge in [-0.15, -0.1) is 11.3 Å². The van der Waals surface area contributed by atoms with E-state index in [-0.39, 0.29) is 11.9 Å². The SMILES string of the molecule is CC(=O)N1CCN(Cc2ccc(C)s2)CCC1c1nc(C)no1. The maximum absolute atomic E-state index is 12.0. The second kappa shape index (κ2) is 6.80. The highest BCUT2D eigenvalue weighted by atomic mass is 32.1. The van der Waals surface area contributed by atoms with Crippen LogP contribution >= 0.6 is 11.3 Å². The summed E-state index contributed by atoms with van der Waals surface area (Å²) in [5, 5.41) is 3.87. The first kappa shape index (κ1) is 16.1. The highest BCUT2D eigenvalue weighted by Gasteiger charge is 2.31. The van der Waals surface area contributed by atoms with Crippen LogP contribution in [0.25, 0.3) is 0 Å². The molecule has 0 saturated carbocycles. The topological polar surface area (TPSA) is 62.5 Å². The van der Waals surface area contributed by atoms with Crippen LogP contribution in [0.4, 0.5) is 0 Å². The Hall–Kier alpha value is -1.73. The Bertz CT molecular complexity index is 681. The first-order chi connectivity index (χ1) is 11.0. The summed E-state index contributed by atoms with van der Waals surface area (Å²) >= 11 is 1.83. The van der Waals surface area contributed by atoms with Crippen LogP contribution in [-0.4, -0.2) is 45.5 Å². The summed E-state index contributed by atoms with van der Waals surface area (Å²) in [4.78, 5) is 23.3. The summed E-state index contributed by atoms with van der Waals surface area (Å²) in [6, 6.07) is 4.22. The first-order valence-electron chi connectivity index (χ1n) is 7.88. The summed E-state index contributed by atoms with van der Waals surface area (Å²) in [7, 11) is 0. The van der Waals surface area contributed by atoms with Crippen molar-refractivity contribution >= 4 is 17.2 Å². The van der Waals surface area contributed by atoms with Crippen LogP contribution in [0.1, 0.15) is 40.9 Å². The molecule has 3 rings (SSSR count). The number of nitrogens with zero attached hydrogens (tertiary/aromatic N) is 4. The maximum Gasteiger partial charge on any atom is 0.249 e. The van der Waals surface area contributed by atoms with E-state index < -0.39 is 0 Å². The van der Waals surface area contributed by atoms with Gasteiger partial charge in [-0.1, -0.05) is 5.16 Å². The van der Waals surface area contributed by atoms with Crippen LogP contribution in [0.15, 0.2) is 16.7 Å². The van der Waals surface area contributed by atoms with Crippen molar-refractivity contribution in [2.24, 2.45) is 0 Å². The van der Waals surface area contributed by atoms with Gasteiger partial charge in [0.2, 0.25) is 11.8 Å². The van der Waals surface area contributed by atoms with E-state index in [1.54, 1.807) is 13.8 Å². The molecule has 0 radical (unpaired) electrons. The summed E-state index contributed by atoms with van der Waals surface area (Å²) < 4.78 is 5.33. The van der Waals surface area contributed by atoms with Crippen LogP contribution in [-0.2, 0) is 11.3 Å². The molecule has 1 aliphatic heterocycles. The Morgan fingerprint density at radius 1 is 1.35 bits per heavy atom. The van der Waals surface area contributed by atoms with Crippen LogP contribution in [0.5, 0.6) is 0 Å². The Labute approximate surface area is 140 Å². The number of carbonyl (C=O) groups excluding carboxylic acids is 1. The van der Waals surface area contributed by atoms with Crippen molar-refractivity contribution in [3.63, 3.8) is 0 Å². The molecular formula is C16H22N4O2S. The molecule has 1 atom stereocenters. The lowest BCUT2D eigenvalue weighted by Crippen LogP contribution is -2.35. The lowest BCUT2D eigenvalue weighted by molar-refractivity contribution is -0.131. The van der Waals surface area contributed by atoms with Crippen molar-refractivity contribution in [1.29, 1.82) is 0 Å². The predicted molar refractivity (Wildman–Crippen MR) is 88.1 cm³/mol. The van der Waals surface area contributed by atoms with Gasteiger partial charge in [0.1, 0.15) is 6.04 Å². The summed E-state index contributed by atoms with van der Waals surface area (Å²) in [5.74, 6) is 1.21. The summed E-state index contributed by atoms with van der Waals surface area (Å²) in [6.07, 6.45) is 0.811. The molecular weight excluding hydrogens is 312 g/mol. The maximum atomic E-state index is 12.0. The fraction of sp³-hybridized carbons (Fsp3) is 0.562. The molecule has 1 aliphatic rings. The Kier molecular flexibility index (Phi) is 4.77. The van der Waals surface area contributed by atoms with E-state index >= 15 is 0 Å². The minimum absolute atomic E-state index is 0.0553. The summed E-state index contributed by atoms with van der Waals surface area (Å²) in [6.45, 7) is 8.92. The molecule has 124 valence electrons. The Morgan fingerprint density at radius 2 is 2.17 bits per heavy atom. The number of hydrogen-bond acceptors (Lipinski definition) is 6. The number of thiophene rings is 1. The third kappa shape index (κ3) is 3.79. The zero-order chi connectivity index (χ0) is 16.4. The van der Waals surface area contributed by atoms with Crippen molar-refractivity contribution in [3.05, 3.63) is 33.6 Å². The zero-order valence-corrected chi connectivity index (χ0v) is 14.6. The van der Waals surface area contributed by atoms with E-state index in [0.29, 0.717) is 18.3 Å². The van der Waals surface area contributed by atoms with Gasteiger partial charge in [0.05, 0.1) is 0 Å². The largest absolute Gasteiger partial charge is 0.337 e. The molecule has 1 fully saturated rings. The molecule has 2 aromatic heterocycles. The molecule has 0 spiro atoms. The molecule has 2 aromatic rings. The van der Waals surface area contributed by atoms with Crippen molar-refractivity contribution in [1.82, 2.24) is 19.9 Å². The minimum atomic E-state index is -0.122.